The molecule has 0 aliphatic heterocycles. The zero-order valence-electron chi connectivity index (χ0n) is 9.37. The fourth-order valence-corrected chi connectivity index (χ4v) is 1.80. The molecular weight excluding hydrogens is 243 g/mol. The molecule has 1 aromatic carbocycles. The number of aryl methyl sites for hydroxylation is 1. The molecule has 3 nitrogen and oxygen atoms in total. The number of aldehydes is 1. The van der Waals surface area contributed by atoms with E-state index in [0.29, 0.717) is 22.8 Å². The van der Waals surface area contributed by atoms with Gasteiger partial charge in [0.2, 0.25) is 0 Å². The standard InChI is InChI=1S/C12H10ClFN2O/c1-7-15-12(11(6-17)16(7)2)8-3-4-10(14)9(13)5-8/h3-6H,1-2H3. The fraction of sp³-hybridized carbons (Fsp3) is 0.167. The van der Waals surface area contributed by atoms with E-state index < -0.39 is 5.82 Å². The molecular formula is C12H10ClFN2O. The number of imidazole rings is 1. The van der Waals surface area contributed by atoms with Crippen molar-refractivity contribution in [2.75, 3.05) is 0 Å². The zero-order valence-corrected chi connectivity index (χ0v) is 10.1. The lowest BCUT2D eigenvalue weighted by Gasteiger charge is -2.01. The molecule has 0 saturated heterocycles. The van der Waals surface area contributed by atoms with Crippen molar-refractivity contribution in [3.05, 3.63) is 40.6 Å². The third kappa shape index (κ3) is 1.96. The number of aromatic nitrogens is 2. The average molecular weight is 253 g/mol. The lowest BCUT2D eigenvalue weighted by atomic mass is 10.1. The third-order valence-electron chi connectivity index (χ3n) is 2.67. The summed E-state index contributed by atoms with van der Waals surface area (Å²) in [7, 11) is 1.75. The molecule has 0 bridgehead atoms. The molecule has 0 fully saturated rings. The lowest BCUT2D eigenvalue weighted by molar-refractivity contribution is 0.111. The van der Waals surface area contributed by atoms with E-state index in [4.69, 9.17) is 11.6 Å². The monoisotopic (exact) mass is 252 g/mol. The van der Waals surface area contributed by atoms with Gasteiger partial charge < -0.3 is 4.57 Å². The highest BCUT2D eigenvalue weighted by atomic mass is 35.5. The van der Waals surface area contributed by atoms with Crippen LogP contribution in [0.15, 0.2) is 18.2 Å². The first kappa shape index (κ1) is 11.8. The molecule has 0 spiro atoms. The van der Waals surface area contributed by atoms with Gasteiger partial charge in [0.15, 0.2) is 6.29 Å². The van der Waals surface area contributed by atoms with Gasteiger partial charge in [-0.3, -0.25) is 4.79 Å². The molecule has 1 aromatic heterocycles. The molecule has 1 heterocycles. The highest BCUT2D eigenvalue weighted by molar-refractivity contribution is 6.31. The van der Waals surface area contributed by atoms with Crippen LogP contribution in [0.4, 0.5) is 4.39 Å². The Balaban J connectivity index is 2.64. The normalized spacial score (nSPS) is 10.6. The second-order valence-corrected chi connectivity index (χ2v) is 4.11. The number of benzene rings is 1. The zero-order chi connectivity index (χ0) is 12.6. The van der Waals surface area contributed by atoms with Gasteiger partial charge in [-0.05, 0) is 25.1 Å². The van der Waals surface area contributed by atoms with Crippen molar-refractivity contribution >= 4 is 17.9 Å². The molecule has 5 heteroatoms. The van der Waals surface area contributed by atoms with E-state index >= 15 is 0 Å². The number of hydrogen-bond donors (Lipinski definition) is 0. The molecule has 0 radical (unpaired) electrons. The van der Waals surface area contributed by atoms with Crippen LogP contribution in [0.25, 0.3) is 11.3 Å². The minimum absolute atomic E-state index is 0.0163. The van der Waals surface area contributed by atoms with Gasteiger partial charge in [-0.15, -0.1) is 0 Å². The maximum absolute atomic E-state index is 13.1. The molecule has 88 valence electrons. The van der Waals surface area contributed by atoms with Crippen LogP contribution in [-0.2, 0) is 7.05 Å². The summed E-state index contributed by atoms with van der Waals surface area (Å²) in [5, 5.41) is 0.0163. The highest BCUT2D eigenvalue weighted by Crippen LogP contribution is 2.26. The summed E-state index contributed by atoms with van der Waals surface area (Å²) in [6, 6.07) is 4.28. The Kier molecular flexibility index (Phi) is 2.98. The Hall–Kier alpha value is -1.68. The molecule has 0 unspecified atom stereocenters. The van der Waals surface area contributed by atoms with E-state index in [1.165, 1.54) is 12.1 Å². The smallest absolute Gasteiger partial charge is 0.168 e. The first-order valence-corrected chi connectivity index (χ1v) is 5.36. The van der Waals surface area contributed by atoms with Crippen molar-refractivity contribution < 1.29 is 9.18 Å². The van der Waals surface area contributed by atoms with Crippen molar-refractivity contribution in [1.29, 1.82) is 0 Å². The molecule has 0 aliphatic rings. The van der Waals surface area contributed by atoms with Crippen LogP contribution >= 0.6 is 11.6 Å². The summed E-state index contributed by atoms with van der Waals surface area (Å²) in [6.07, 6.45) is 0.729. The predicted molar refractivity (Wildman–Crippen MR) is 63.7 cm³/mol. The number of halogens is 2. The second-order valence-electron chi connectivity index (χ2n) is 3.70. The van der Waals surface area contributed by atoms with Crippen LogP contribution in [0.5, 0.6) is 0 Å². The SMILES string of the molecule is Cc1nc(-c2ccc(F)c(Cl)c2)c(C=O)n1C. The first-order valence-electron chi connectivity index (χ1n) is 4.98. The Morgan fingerprint density at radius 3 is 2.76 bits per heavy atom. The van der Waals surface area contributed by atoms with Crippen molar-refractivity contribution in [1.82, 2.24) is 9.55 Å². The topological polar surface area (TPSA) is 34.9 Å². The van der Waals surface area contributed by atoms with Crippen LogP contribution in [0.3, 0.4) is 0 Å². The van der Waals surface area contributed by atoms with E-state index in [-0.39, 0.29) is 5.02 Å². The molecule has 0 aliphatic carbocycles. The summed E-state index contributed by atoms with van der Waals surface area (Å²) < 4.78 is 14.7. The second kappa shape index (κ2) is 4.30. The van der Waals surface area contributed by atoms with Crippen LogP contribution in [-0.4, -0.2) is 15.8 Å². The van der Waals surface area contributed by atoms with Crippen LogP contribution in [0.2, 0.25) is 5.02 Å². The molecule has 2 rings (SSSR count). The molecule has 2 aromatic rings. The Bertz CT molecular complexity index is 592. The Labute approximate surface area is 103 Å². The number of hydrogen-bond acceptors (Lipinski definition) is 2. The summed E-state index contributed by atoms with van der Waals surface area (Å²) in [6.45, 7) is 1.79. The summed E-state index contributed by atoms with van der Waals surface area (Å²) in [5.41, 5.74) is 1.59. The van der Waals surface area contributed by atoms with E-state index in [2.05, 4.69) is 4.98 Å². The quantitative estimate of drug-likeness (QED) is 0.770. The van der Waals surface area contributed by atoms with Gasteiger partial charge in [-0.1, -0.05) is 11.6 Å². The van der Waals surface area contributed by atoms with Crippen molar-refractivity contribution in [3.8, 4) is 11.3 Å². The number of carbonyl (C=O) groups excluding carboxylic acids is 1. The van der Waals surface area contributed by atoms with Gasteiger partial charge in [-0.2, -0.15) is 0 Å². The van der Waals surface area contributed by atoms with Crippen molar-refractivity contribution in [3.63, 3.8) is 0 Å². The molecule has 0 amide bonds. The van der Waals surface area contributed by atoms with Gasteiger partial charge >= 0.3 is 0 Å². The minimum Gasteiger partial charge on any atom is -0.329 e. The lowest BCUT2D eigenvalue weighted by Crippen LogP contribution is -1.97. The summed E-state index contributed by atoms with van der Waals surface area (Å²) >= 11 is 5.71. The van der Waals surface area contributed by atoms with Gasteiger partial charge in [0, 0.05) is 12.6 Å². The Morgan fingerprint density at radius 1 is 1.47 bits per heavy atom. The highest BCUT2D eigenvalue weighted by Gasteiger charge is 2.14. The summed E-state index contributed by atoms with van der Waals surface area (Å²) in [5.74, 6) is 0.221. The van der Waals surface area contributed by atoms with E-state index in [1.54, 1.807) is 24.6 Å². The average Bonchev–Trinajstić information content (AvgIpc) is 2.59. The van der Waals surface area contributed by atoms with E-state index in [9.17, 15) is 9.18 Å². The molecule has 17 heavy (non-hydrogen) atoms. The number of rotatable bonds is 2. The van der Waals surface area contributed by atoms with Crippen molar-refractivity contribution in [2.24, 2.45) is 7.05 Å². The third-order valence-corrected chi connectivity index (χ3v) is 2.96. The maximum atomic E-state index is 13.1. The molecule has 0 atom stereocenters. The largest absolute Gasteiger partial charge is 0.329 e. The first-order chi connectivity index (χ1) is 8.04. The van der Waals surface area contributed by atoms with E-state index in [0.717, 1.165) is 6.29 Å². The fourth-order valence-electron chi connectivity index (χ4n) is 1.62. The van der Waals surface area contributed by atoms with Gasteiger partial charge in [-0.25, -0.2) is 9.37 Å². The van der Waals surface area contributed by atoms with Gasteiger partial charge in [0.25, 0.3) is 0 Å². The molecule has 0 saturated carbocycles. The van der Waals surface area contributed by atoms with Crippen molar-refractivity contribution in [2.45, 2.75) is 6.92 Å². The number of carbonyl (C=O) groups is 1. The predicted octanol–water partition coefficient (Wildman–Crippen LogP) is 3.00. The van der Waals surface area contributed by atoms with Crippen LogP contribution in [0, 0.1) is 12.7 Å². The molecule has 0 N–H and O–H groups in total. The Morgan fingerprint density at radius 2 is 2.18 bits per heavy atom. The minimum atomic E-state index is -0.490. The summed E-state index contributed by atoms with van der Waals surface area (Å²) in [4.78, 5) is 15.3. The van der Waals surface area contributed by atoms with Crippen LogP contribution < -0.4 is 0 Å². The van der Waals surface area contributed by atoms with Crippen LogP contribution in [0.1, 0.15) is 16.3 Å². The van der Waals surface area contributed by atoms with Gasteiger partial charge in [0.1, 0.15) is 17.3 Å². The number of nitrogens with zero attached hydrogens (tertiary/aromatic N) is 2. The van der Waals surface area contributed by atoms with Gasteiger partial charge in [0.05, 0.1) is 10.7 Å². The maximum Gasteiger partial charge on any atom is 0.168 e. The van der Waals surface area contributed by atoms with E-state index in [1.807, 2.05) is 0 Å².